The van der Waals surface area contributed by atoms with Crippen molar-refractivity contribution in [2.45, 2.75) is 33.2 Å². The molecule has 3 heterocycles. The van der Waals surface area contributed by atoms with Gasteiger partial charge in [-0.25, -0.2) is 0 Å². The average Bonchev–Trinajstić information content (AvgIpc) is 3.22. The third-order valence-corrected chi connectivity index (χ3v) is 6.39. The molecule has 0 amide bonds. The molecule has 3 fully saturated rings. The topological polar surface area (TPSA) is 46.6 Å². The second-order valence-corrected chi connectivity index (χ2v) is 8.57. The van der Waals surface area contributed by atoms with E-state index in [1.807, 2.05) is 0 Å². The number of guanidine groups is 1. The Morgan fingerprint density at radius 1 is 1.03 bits per heavy atom. The zero-order valence-electron chi connectivity index (χ0n) is 18.8. The van der Waals surface area contributed by atoms with Crippen LogP contribution in [0.3, 0.4) is 0 Å². The van der Waals surface area contributed by atoms with Crippen LogP contribution >= 0.6 is 24.0 Å². The summed E-state index contributed by atoms with van der Waals surface area (Å²) in [6.07, 6.45) is 1.24. The van der Waals surface area contributed by atoms with E-state index in [1.54, 1.807) is 0 Å². The monoisotopic (exact) mass is 522 g/mol. The molecule has 2 unspecified atom stereocenters. The van der Waals surface area contributed by atoms with E-state index in [9.17, 15) is 0 Å². The molecule has 7 nitrogen and oxygen atoms in total. The van der Waals surface area contributed by atoms with Gasteiger partial charge in [-0.15, -0.1) is 24.0 Å². The van der Waals surface area contributed by atoms with Crippen LogP contribution in [0.4, 0.5) is 0 Å². The van der Waals surface area contributed by atoms with Gasteiger partial charge >= 0.3 is 0 Å². The first-order valence-electron chi connectivity index (χ1n) is 11.5. The lowest BCUT2D eigenvalue weighted by Crippen LogP contribution is -2.48. The molecule has 0 aromatic rings. The van der Waals surface area contributed by atoms with Crippen molar-refractivity contribution in [1.29, 1.82) is 0 Å². The van der Waals surface area contributed by atoms with Gasteiger partial charge in [0.25, 0.3) is 0 Å². The summed E-state index contributed by atoms with van der Waals surface area (Å²) in [6.45, 7) is 21.9. The van der Waals surface area contributed by atoms with Crippen LogP contribution in [-0.2, 0) is 4.74 Å². The molecule has 3 saturated heterocycles. The maximum absolute atomic E-state index is 5.51. The number of hydrogen-bond acceptors (Lipinski definition) is 5. The zero-order valence-corrected chi connectivity index (χ0v) is 21.1. The van der Waals surface area contributed by atoms with Crippen LogP contribution in [0.5, 0.6) is 0 Å². The summed E-state index contributed by atoms with van der Waals surface area (Å²) >= 11 is 0. The summed E-state index contributed by atoms with van der Waals surface area (Å²) in [5, 5.41) is 3.53. The van der Waals surface area contributed by atoms with Gasteiger partial charge in [0, 0.05) is 78.0 Å². The molecule has 3 rings (SSSR count). The van der Waals surface area contributed by atoms with E-state index in [-0.39, 0.29) is 24.0 Å². The molecule has 170 valence electrons. The van der Waals surface area contributed by atoms with Crippen molar-refractivity contribution in [2.24, 2.45) is 10.9 Å². The lowest BCUT2D eigenvalue weighted by atomic mass is 10.1. The molecule has 8 heteroatoms. The van der Waals surface area contributed by atoms with Crippen molar-refractivity contribution in [3.05, 3.63) is 0 Å². The van der Waals surface area contributed by atoms with Crippen LogP contribution in [0.1, 0.15) is 27.2 Å². The fourth-order valence-corrected chi connectivity index (χ4v) is 4.63. The zero-order chi connectivity index (χ0) is 19.8. The minimum absolute atomic E-state index is 0. The Kier molecular flexibility index (Phi) is 11.5. The lowest BCUT2D eigenvalue weighted by Gasteiger charge is -2.35. The van der Waals surface area contributed by atoms with Crippen LogP contribution < -0.4 is 5.32 Å². The second-order valence-electron chi connectivity index (χ2n) is 8.57. The number of ether oxygens (including phenoxy) is 1. The Bertz CT molecular complexity index is 480. The van der Waals surface area contributed by atoms with Crippen molar-refractivity contribution in [1.82, 2.24) is 24.9 Å². The Morgan fingerprint density at radius 3 is 2.38 bits per heavy atom. The van der Waals surface area contributed by atoms with Gasteiger partial charge in [-0.05, 0) is 25.8 Å². The summed E-state index contributed by atoms with van der Waals surface area (Å²) in [6, 6.07) is 0.653. The van der Waals surface area contributed by atoms with E-state index in [0.717, 1.165) is 65.0 Å². The third-order valence-electron chi connectivity index (χ3n) is 6.39. The molecule has 0 aliphatic carbocycles. The van der Waals surface area contributed by atoms with Crippen LogP contribution in [0.15, 0.2) is 4.99 Å². The predicted octanol–water partition coefficient (Wildman–Crippen LogP) is 1.25. The van der Waals surface area contributed by atoms with Crippen LogP contribution in [0, 0.1) is 5.92 Å². The van der Waals surface area contributed by atoms with E-state index in [0.29, 0.717) is 12.0 Å². The van der Waals surface area contributed by atoms with Gasteiger partial charge in [0.2, 0.25) is 0 Å². The molecule has 0 bridgehead atoms. The molecule has 0 aromatic carbocycles. The molecule has 3 aliphatic heterocycles. The molecule has 3 aliphatic rings. The summed E-state index contributed by atoms with van der Waals surface area (Å²) in [4.78, 5) is 15.3. The number of morpholine rings is 1. The van der Waals surface area contributed by atoms with E-state index in [4.69, 9.17) is 9.73 Å². The van der Waals surface area contributed by atoms with Crippen LogP contribution in [-0.4, -0.2) is 123 Å². The molecule has 1 N–H and O–H groups in total. The summed E-state index contributed by atoms with van der Waals surface area (Å²) in [7, 11) is 0. The van der Waals surface area contributed by atoms with Crippen molar-refractivity contribution in [3.63, 3.8) is 0 Å². The molecule has 0 radical (unpaired) electrons. The van der Waals surface area contributed by atoms with Crippen molar-refractivity contribution in [3.8, 4) is 0 Å². The highest BCUT2D eigenvalue weighted by Gasteiger charge is 2.30. The molecule has 0 spiro atoms. The molecular weight excluding hydrogens is 479 g/mol. The number of piperazine rings is 1. The number of aliphatic imine (C=N–C) groups is 1. The van der Waals surface area contributed by atoms with E-state index < -0.39 is 0 Å². The minimum atomic E-state index is 0. The Balaban J connectivity index is 0.00000300. The van der Waals surface area contributed by atoms with Crippen molar-refractivity contribution >= 4 is 29.9 Å². The van der Waals surface area contributed by atoms with Gasteiger partial charge < -0.3 is 24.8 Å². The van der Waals surface area contributed by atoms with Gasteiger partial charge in [0.15, 0.2) is 5.96 Å². The first kappa shape index (κ1) is 25.1. The minimum Gasteiger partial charge on any atom is -0.379 e. The Hall–Kier alpha value is -0.160. The molecular formula is C21H43IN6O. The number of nitrogens with one attached hydrogen (secondary N) is 1. The van der Waals surface area contributed by atoms with Crippen LogP contribution in [0.25, 0.3) is 0 Å². The van der Waals surface area contributed by atoms with Gasteiger partial charge in [-0.1, -0.05) is 13.8 Å². The quantitative estimate of drug-likeness (QED) is 0.309. The van der Waals surface area contributed by atoms with Gasteiger partial charge in [-0.2, -0.15) is 0 Å². The summed E-state index contributed by atoms with van der Waals surface area (Å²) in [5.41, 5.74) is 0. The first-order valence-corrected chi connectivity index (χ1v) is 11.5. The normalized spacial score (nSPS) is 26.4. The number of halogens is 1. The Morgan fingerprint density at radius 2 is 1.72 bits per heavy atom. The highest BCUT2D eigenvalue weighted by molar-refractivity contribution is 14.0. The highest BCUT2D eigenvalue weighted by atomic mass is 127. The van der Waals surface area contributed by atoms with Crippen molar-refractivity contribution < 1.29 is 4.74 Å². The number of likely N-dealkylation sites (N-methyl/N-ethyl adjacent to an activating group) is 1. The number of hydrogen-bond donors (Lipinski definition) is 1. The number of rotatable bonds is 7. The van der Waals surface area contributed by atoms with E-state index in [2.05, 4.69) is 45.7 Å². The SMILES string of the molecule is CCNC(=NCC(C)CN1CCN(CC)CC1)N1CCC(N2CCOCC2)C1.I. The van der Waals surface area contributed by atoms with Gasteiger partial charge in [-0.3, -0.25) is 9.89 Å². The first-order chi connectivity index (χ1) is 13.7. The average molecular weight is 523 g/mol. The standard InChI is InChI=1S/C21H42N6O.HI/c1-4-22-21(27-7-6-20(18-27)26-12-14-28-15-13-26)23-16-19(3)17-25-10-8-24(5-2)9-11-25;/h19-20H,4-18H2,1-3H3,(H,22,23);1H. The maximum atomic E-state index is 5.51. The largest absolute Gasteiger partial charge is 0.379 e. The second kappa shape index (κ2) is 13.3. The Labute approximate surface area is 195 Å². The van der Waals surface area contributed by atoms with E-state index >= 15 is 0 Å². The molecule has 0 aromatic heterocycles. The number of nitrogens with zero attached hydrogens (tertiary/aromatic N) is 5. The van der Waals surface area contributed by atoms with Gasteiger partial charge in [0.1, 0.15) is 0 Å². The van der Waals surface area contributed by atoms with E-state index in [1.165, 1.54) is 39.1 Å². The third kappa shape index (κ3) is 7.79. The smallest absolute Gasteiger partial charge is 0.193 e. The maximum Gasteiger partial charge on any atom is 0.193 e. The fraction of sp³-hybridized carbons (Fsp3) is 0.952. The number of likely N-dealkylation sites (tertiary alicyclic amines) is 1. The fourth-order valence-electron chi connectivity index (χ4n) is 4.63. The predicted molar refractivity (Wildman–Crippen MR) is 131 cm³/mol. The van der Waals surface area contributed by atoms with Gasteiger partial charge in [0.05, 0.1) is 13.2 Å². The summed E-state index contributed by atoms with van der Waals surface area (Å²) in [5.74, 6) is 1.71. The van der Waals surface area contributed by atoms with Crippen molar-refractivity contribution in [2.75, 3.05) is 91.8 Å². The van der Waals surface area contributed by atoms with Crippen LogP contribution in [0.2, 0.25) is 0 Å². The summed E-state index contributed by atoms with van der Waals surface area (Å²) < 4.78 is 5.51. The molecule has 2 atom stereocenters. The molecule has 0 saturated carbocycles. The highest BCUT2D eigenvalue weighted by Crippen LogP contribution is 2.17. The lowest BCUT2D eigenvalue weighted by molar-refractivity contribution is 0.0195. The molecule has 29 heavy (non-hydrogen) atoms.